The Kier molecular flexibility index (Phi) is 7.40. The van der Waals surface area contributed by atoms with Gasteiger partial charge in [0.2, 0.25) is 0 Å². The number of carbonyl (C=O) groups excluding carboxylic acids is 2. The van der Waals surface area contributed by atoms with Crippen LogP contribution >= 0.6 is 31.9 Å². The predicted octanol–water partition coefficient (Wildman–Crippen LogP) is 4.94. The summed E-state index contributed by atoms with van der Waals surface area (Å²) in [5, 5.41) is 0. The van der Waals surface area contributed by atoms with Crippen molar-refractivity contribution in [3.05, 3.63) is 80.3 Å². The molecule has 0 saturated heterocycles. The second-order valence-electron chi connectivity index (χ2n) is 5.19. The van der Waals surface area contributed by atoms with Gasteiger partial charge in [-0.3, -0.25) is 0 Å². The Morgan fingerprint density at radius 3 is 1.88 bits per heavy atom. The summed E-state index contributed by atoms with van der Waals surface area (Å²) in [6.45, 7) is 1.76. The van der Waals surface area contributed by atoms with Crippen molar-refractivity contribution < 1.29 is 19.1 Å². The van der Waals surface area contributed by atoms with Crippen LogP contribution in [0.25, 0.3) is 0 Å². The van der Waals surface area contributed by atoms with Gasteiger partial charge in [0.25, 0.3) is 0 Å². The van der Waals surface area contributed by atoms with Crippen LogP contribution in [-0.2, 0) is 32.3 Å². The van der Waals surface area contributed by atoms with E-state index in [1.807, 2.05) is 48.5 Å². The highest BCUT2D eigenvalue weighted by Gasteiger charge is 2.11. The van der Waals surface area contributed by atoms with Crippen molar-refractivity contribution in [2.75, 3.05) is 0 Å². The molecule has 0 spiro atoms. The molecular weight excluding hydrogens is 452 g/mol. The summed E-state index contributed by atoms with van der Waals surface area (Å²) in [5.74, 6) is -1.15. The third-order valence-corrected chi connectivity index (χ3v) is 4.85. The third-order valence-electron chi connectivity index (χ3n) is 3.30. The number of ether oxygens (including phenoxy) is 2. The smallest absolute Gasteiger partial charge is 0.334 e. The molecule has 2 rings (SSSR count). The highest BCUT2D eigenvalue weighted by Crippen LogP contribution is 2.18. The maximum absolute atomic E-state index is 12.0. The molecule has 25 heavy (non-hydrogen) atoms. The summed E-state index contributed by atoms with van der Waals surface area (Å²) in [4.78, 5) is 23.8. The number of carbonyl (C=O) groups is 2. The maximum atomic E-state index is 12.0. The van der Waals surface area contributed by atoms with E-state index in [1.165, 1.54) is 6.92 Å². The Morgan fingerprint density at radius 2 is 1.36 bits per heavy atom. The summed E-state index contributed by atoms with van der Waals surface area (Å²) in [5.41, 5.74) is 1.88. The minimum Gasteiger partial charge on any atom is -0.458 e. The summed E-state index contributed by atoms with van der Waals surface area (Å²) in [6, 6.07) is 14.9. The van der Waals surface area contributed by atoms with E-state index in [-0.39, 0.29) is 18.8 Å². The second-order valence-corrected chi connectivity index (χ2v) is 6.90. The maximum Gasteiger partial charge on any atom is 0.334 e. The van der Waals surface area contributed by atoms with E-state index in [9.17, 15) is 9.59 Å². The Labute approximate surface area is 163 Å². The fourth-order valence-electron chi connectivity index (χ4n) is 1.91. The van der Waals surface area contributed by atoms with E-state index >= 15 is 0 Å². The first kappa shape index (κ1) is 19.4. The van der Waals surface area contributed by atoms with Crippen LogP contribution in [0.5, 0.6) is 0 Å². The quantitative estimate of drug-likeness (QED) is 0.445. The van der Waals surface area contributed by atoms with Crippen LogP contribution in [0.1, 0.15) is 18.1 Å². The molecule has 4 nitrogen and oxygen atoms in total. The normalized spacial score (nSPS) is 11.1. The zero-order chi connectivity index (χ0) is 18.2. The number of benzene rings is 2. The molecule has 0 bridgehead atoms. The lowest BCUT2D eigenvalue weighted by Gasteiger charge is -2.07. The first-order valence-corrected chi connectivity index (χ1v) is 9.05. The minimum atomic E-state index is -0.592. The van der Waals surface area contributed by atoms with Gasteiger partial charge in [-0.05, 0) is 19.1 Å². The first-order chi connectivity index (χ1) is 12.0. The summed E-state index contributed by atoms with van der Waals surface area (Å²) >= 11 is 6.77. The molecule has 0 fully saturated rings. The predicted molar refractivity (Wildman–Crippen MR) is 102 cm³/mol. The van der Waals surface area contributed by atoms with Gasteiger partial charge in [0.15, 0.2) is 0 Å². The zero-order valence-corrected chi connectivity index (χ0v) is 16.7. The van der Waals surface area contributed by atoms with Crippen LogP contribution in [-0.4, -0.2) is 11.9 Å². The summed E-state index contributed by atoms with van der Waals surface area (Å²) < 4.78 is 12.1. The average molecular weight is 468 g/mol. The standard InChI is InChI=1S/C19H16Br2O4/c1-13(19(23)25-12-15-7-3-5-9-17(15)21)10-18(22)24-11-14-6-2-4-8-16(14)20/h2-10H,11-12H2,1H3. The lowest BCUT2D eigenvalue weighted by atomic mass is 10.2. The van der Waals surface area contributed by atoms with Crippen molar-refractivity contribution >= 4 is 43.8 Å². The molecule has 0 aliphatic heterocycles. The van der Waals surface area contributed by atoms with Gasteiger partial charge in [-0.1, -0.05) is 68.3 Å². The summed E-state index contributed by atoms with van der Waals surface area (Å²) in [7, 11) is 0. The minimum absolute atomic E-state index is 0.121. The SMILES string of the molecule is CC(=CC(=O)OCc1ccccc1Br)C(=O)OCc1ccccc1Br. The van der Waals surface area contributed by atoms with Crippen LogP contribution < -0.4 is 0 Å². The Morgan fingerprint density at radius 1 is 0.880 bits per heavy atom. The molecule has 0 amide bonds. The molecule has 0 atom stereocenters. The van der Waals surface area contributed by atoms with Gasteiger partial charge < -0.3 is 9.47 Å². The Hall–Kier alpha value is -1.92. The Bertz CT molecular complexity index is 800. The number of halogens is 2. The zero-order valence-electron chi connectivity index (χ0n) is 13.5. The fourth-order valence-corrected chi connectivity index (χ4v) is 2.71. The molecule has 0 aliphatic carbocycles. The molecule has 2 aromatic rings. The molecule has 0 unspecified atom stereocenters. The molecule has 130 valence electrons. The third kappa shape index (κ3) is 6.14. The van der Waals surface area contributed by atoms with E-state index in [0.717, 1.165) is 26.1 Å². The van der Waals surface area contributed by atoms with Gasteiger partial charge in [-0.25, -0.2) is 9.59 Å². The van der Waals surface area contributed by atoms with Crippen LogP contribution in [0.2, 0.25) is 0 Å². The number of esters is 2. The topological polar surface area (TPSA) is 52.6 Å². The van der Waals surface area contributed by atoms with Gasteiger partial charge in [0, 0.05) is 31.7 Å². The van der Waals surface area contributed by atoms with Crippen molar-refractivity contribution in [3.8, 4) is 0 Å². The summed E-state index contributed by atoms with van der Waals surface area (Å²) in [6.07, 6.45) is 1.14. The molecule has 0 aromatic heterocycles. The Balaban J connectivity index is 1.86. The van der Waals surface area contributed by atoms with E-state index in [4.69, 9.17) is 9.47 Å². The number of hydrogen-bond acceptors (Lipinski definition) is 4. The number of hydrogen-bond donors (Lipinski definition) is 0. The van der Waals surface area contributed by atoms with E-state index < -0.39 is 11.9 Å². The fraction of sp³-hybridized carbons (Fsp3) is 0.158. The van der Waals surface area contributed by atoms with Gasteiger partial charge in [0.05, 0.1) is 0 Å². The first-order valence-electron chi connectivity index (χ1n) is 7.46. The highest BCUT2D eigenvalue weighted by atomic mass is 79.9. The highest BCUT2D eigenvalue weighted by molar-refractivity contribution is 9.10. The second kappa shape index (κ2) is 9.53. The lowest BCUT2D eigenvalue weighted by molar-refractivity contribution is -0.142. The van der Waals surface area contributed by atoms with Crippen LogP contribution in [0.3, 0.4) is 0 Å². The molecule has 0 aliphatic rings. The molecule has 0 radical (unpaired) electrons. The van der Waals surface area contributed by atoms with Crippen molar-refractivity contribution in [3.63, 3.8) is 0 Å². The monoisotopic (exact) mass is 466 g/mol. The number of rotatable bonds is 6. The molecular formula is C19H16Br2O4. The van der Waals surface area contributed by atoms with Gasteiger partial charge >= 0.3 is 11.9 Å². The van der Waals surface area contributed by atoms with Crippen LogP contribution in [0.4, 0.5) is 0 Å². The van der Waals surface area contributed by atoms with Crippen molar-refractivity contribution in [2.24, 2.45) is 0 Å². The largest absolute Gasteiger partial charge is 0.458 e. The van der Waals surface area contributed by atoms with E-state index in [0.29, 0.717) is 0 Å². The van der Waals surface area contributed by atoms with Crippen molar-refractivity contribution in [1.29, 1.82) is 0 Å². The molecule has 0 heterocycles. The van der Waals surface area contributed by atoms with Gasteiger partial charge in [-0.2, -0.15) is 0 Å². The molecule has 0 N–H and O–H groups in total. The van der Waals surface area contributed by atoms with Crippen molar-refractivity contribution in [1.82, 2.24) is 0 Å². The molecule has 6 heteroatoms. The van der Waals surface area contributed by atoms with E-state index in [2.05, 4.69) is 31.9 Å². The van der Waals surface area contributed by atoms with Gasteiger partial charge in [-0.15, -0.1) is 0 Å². The van der Waals surface area contributed by atoms with Gasteiger partial charge in [0.1, 0.15) is 13.2 Å². The lowest BCUT2D eigenvalue weighted by Crippen LogP contribution is -2.09. The molecule has 2 aromatic carbocycles. The average Bonchev–Trinajstić information content (AvgIpc) is 2.60. The van der Waals surface area contributed by atoms with E-state index in [1.54, 1.807) is 0 Å². The van der Waals surface area contributed by atoms with Crippen molar-refractivity contribution in [2.45, 2.75) is 20.1 Å². The van der Waals surface area contributed by atoms with Crippen LogP contribution in [0.15, 0.2) is 69.1 Å². The molecule has 0 saturated carbocycles. The van der Waals surface area contributed by atoms with Crippen LogP contribution in [0, 0.1) is 0 Å².